The summed E-state index contributed by atoms with van der Waals surface area (Å²) in [4.78, 5) is 4.62. The van der Waals surface area contributed by atoms with Gasteiger partial charge in [-0.1, -0.05) is 42.5 Å². The molecule has 2 aromatic carbocycles. The fourth-order valence-corrected chi connectivity index (χ4v) is 4.19. The second-order valence-corrected chi connectivity index (χ2v) is 9.84. The third kappa shape index (κ3) is 6.03. The lowest BCUT2D eigenvalue weighted by molar-refractivity contribution is 0.559. The van der Waals surface area contributed by atoms with Gasteiger partial charge in [0.05, 0.1) is 12.3 Å². The van der Waals surface area contributed by atoms with Crippen molar-refractivity contribution in [3.8, 4) is 0 Å². The molecule has 0 spiro atoms. The Labute approximate surface area is 172 Å². The van der Waals surface area contributed by atoms with E-state index in [0.29, 0.717) is 19.0 Å². The zero-order valence-corrected chi connectivity index (χ0v) is 17.7. The number of guanidine groups is 1. The number of rotatable bonds is 8. The summed E-state index contributed by atoms with van der Waals surface area (Å²) in [6, 6.07) is 14.4. The predicted molar refractivity (Wildman–Crippen MR) is 115 cm³/mol. The molecule has 0 saturated heterocycles. The Hall–Kier alpha value is -2.41. The van der Waals surface area contributed by atoms with Gasteiger partial charge in [0.2, 0.25) is 0 Å². The molecule has 0 atom stereocenters. The second-order valence-electron chi connectivity index (χ2n) is 7.70. The van der Waals surface area contributed by atoms with Gasteiger partial charge in [0.25, 0.3) is 0 Å². The smallest absolute Gasteiger partial charge is 0.191 e. The highest BCUT2D eigenvalue weighted by Gasteiger charge is 2.45. The van der Waals surface area contributed by atoms with Crippen LogP contribution >= 0.6 is 0 Å². The molecule has 0 unspecified atom stereocenters. The number of hydrogen-bond acceptors (Lipinski definition) is 3. The Balaban J connectivity index is 1.62. The van der Waals surface area contributed by atoms with Crippen molar-refractivity contribution in [1.29, 1.82) is 0 Å². The number of halogens is 1. The zero-order chi connectivity index (χ0) is 20.9. The Kier molecular flexibility index (Phi) is 6.57. The lowest BCUT2D eigenvalue weighted by atomic mass is 9.95. The number of sulfone groups is 1. The van der Waals surface area contributed by atoms with Gasteiger partial charge in [-0.15, -0.1) is 0 Å². The highest BCUT2D eigenvalue weighted by molar-refractivity contribution is 7.89. The Morgan fingerprint density at radius 1 is 1.07 bits per heavy atom. The zero-order valence-electron chi connectivity index (χ0n) is 16.9. The van der Waals surface area contributed by atoms with Crippen molar-refractivity contribution in [1.82, 2.24) is 10.6 Å². The fraction of sp³-hybridized carbons (Fsp3) is 0.409. The largest absolute Gasteiger partial charge is 0.357 e. The molecule has 0 aromatic heterocycles. The van der Waals surface area contributed by atoms with E-state index < -0.39 is 9.84 Å². The minimum absolute atomic E-state index is 0.0405. The van der Waals surface area contributed by atoms with Crippen molar-refractivity contribution < 1.29 is 12.8 Å². The van der Waals surface area contributed by atoms with Crippen molar-refractivity contribution in [3.63, 3.8) is 0 Å². The van der Waals surface area contributed by atoms with E-state index in [1.54, 1.807) is 6.07 Å². The molecular weight excluding hydrogens is 389 g/mol. The summed E-state index contributed by atoms with van der Waals surface area (Å²) in [5.74, 6) is 0.581. The van der Waals surface area contributed by atoms with Crippen LogP contribution in [0, 0.1) is 5.82 Å². The van der Waals surface area contributed by atoms with Crippen molar-refractivity contribution in [2.24, 2.45) is 4.99 Å². The van der Waals surface area contributed by atoms with Gasteiger partial charge < -0.3 is 10.6 Å². The van der Waals surface area contributed by atoms with Gasteiger partial charge >= 0.3 is 0 Å². The third-order valence-corrected chi connectivity index (χ3v) is 5.97. The monoisotopic (exact) mass is 417 g/mol. The van der Waals surface area contributed by atoms with Crippen LogP contribution < -0.4 is 10.6 Å². The molecule has 2 aromatic rings. The summed E-state index contributed by atoms with van der Waals surface area (Å²) in [7, 11) is -3.04. The van der Waals surface area contributed by atoms with Crippen molar-refractivity contribution in [2.75, 3.05) is 19.3 Å². The van der Waals surface area contributed by atoms with Gasteiger partial charge in [-0.25, -0.2) is 17.8 Å². The maximum atomic E-state index is 14.2. The number of hydrogen-bond donors (Lipinski definition) is 2. The number of nitrogens with one attached hydrogen (secondary N) is 2. The van der Waals surface area contributed by atoms with Gasteiger partial charge in [0.15, 0.2) is 15.8 Å². The van der Waals surface area contributed by atoms with Gasteiger partial charge in [0.1, 0.15) is 5.82 Å². The lowest BCUT2D eigenvalue weighted by Crippen LogP contribution is -2.41. The van der Waals surface area contributed by atoms with Gasteiger partial charge in [0, 0.05) is 24.8 Å². The van der Waals surface area contributed by atoms with E-state index in [-0.39, 0.29) is 17.0 Å². The summed E-state index contributed by atoms with van der Waals surface area (Å²) < 4.78 is 37.0. The minimum atomic E-state index is -3.04. The molecule has 1 aliphatic carbocycles. The first-order chi connectivity index (χ1) is 13.8. The number of nitrogens with zero attached hydrogens (tertiary/aromatic N) is 1. The SMILES string of the molecule is CCNC(=NCc1ccc(CS(C)(=O)=O)cc1)NCC1(c2ccccc2F)CC1. The van der Waals surface area contributed by atoms with Crippen LogP contribution in [-0.4, -0.2) is 33.7 Å². The number of aliphatic imine (C=N–C) groups is 1. The highest BCUT2D eigenvalue weighted by atomic mass is 32.2. The van der Waals surface area contributed by atoms with E-state index >= 15 is 0 Å². The quantitative estimate of drug-likeness (QED) is 0.511. The maximum absolute atomic E-state index is 14.2. The molecule has 3 rings (SSSR count). The second kappa shape index (κ2) is 8.95. The van der Waals surface area contributed by atoms with E-state index in [1.165, 1.54) is 12.3 Å². The van der Waals surface area contributed by atoms with Gasteiger partial charge in [-0.3, -0.25) is 0 Å². The van der Waals surface area contributed by atoms with Crippen LogP contribution in [0.25, 0.3) is 0 Å². The highest BCUT2D eigenvalue weighted by Crippen LogP contribution is 2.48. The first-order valence-corrected chi connectivity index (χ1v) is 11.9. The lowest BCUT2D eigenvalue weighted by Gasteiger charge is -2.19. The molecule has 0 radical (unpaired) electrons. The van der Waals surface area contributed by atoms with Crippen LogP contribution in [0.4, 0.5) is 4.39 Å². The summed E-state index contributed by atoms with van der Waals surface area (Å²) >= 11 is 0. The average molecular weight is 418 g/mol. The molecule has 7 heteroatoms. The van der Waals surface area contributed by atoms with E-state index in [4.69, 9.17) is 0 Å². The molecular formula is C22H28FN3O2S. The maximum Gasteiger partial charge on any atom is 0.191 e. The van der Waals surface area contributed by atoms with Gasteiger partial charge in [-0.05, 0) is 42.5 Å². The molecule has 1 saturated carbocycles. The van der Waals surface area contributed by atoms with Gasteiger partial charge in [-0.2, -0.15) is 0 Å². The van der Waals surface area contributed by atoms with Crippen molar-refractivity contribution in [3.05, 3.63) is 71.0 Å². The summed E-state index contributed by atoms with van der Waals surface area (Å²) in [6.07, 6.45) is 3.15. The standard InChI is InChI=1S/C22H28FN3O2S/c1-3-24-21(25-14-17-8-10-18(11-9-17)15-29(2,27)28)26-16-22(12-13-22)19-6-4-5-7-20(19)23/h4-11H,3,12-16H2,1-2H3,(H2,24,25,26). The topological polar surface area (TPSA) is 70.6 Å². The van der Waals surface area contributed by atoms with Crippen LogP contribution in [0.1, 0.15) is 36.5 Å². The van der Waals surface area contributed by atoms with Crippen LogP contribution in [0.2, 0.25) is 0 Å². The van der Waals surface area contributed by atoms with Crippen molar-refractivity contribution in [2.45, 2.75) is 37.5 Å². The Morgan fingerprint density at radius 3 is 2.31 bits per heavy atom. The fourth-order valence-electron chi connectivity index (χ4n) is 3.39. The van der Waals surface area contributed by atoms with Crippen molar-refractivity contribution >= 4 is 15.8 Å². The predicted octanol–water partition coefficient (Wildman–Crippen LogP) is 3.16. The van der Waals surface area contributed by atoms with E-state index in [2.05, 4.69) is 15.6 Å². The normalized spacial score (nSPS) is 15.8. The summed E-state index contributed by atoms with van der Waals surface area (Å²) in [5.41, 5.74) is 2.37. The molecule has 5 nitrogen and oxygen atoms in total. The van der Waals surface area contributed by atoms with Crippen LogP contribution in [-0.2, 0) is 27.5 Å². The molecule has 0 aliphatic heterocycles. The van der Waals surface area contributed by atoms with Crippen LogP contribution in [0.15, 0.2) is 53.5 Å². The molecule has 0 amide bonds. The molecule has 29 heavy (non-hydrogen) atoms. The molecule has 1 fully saturated rings. The molecule has 0 bridgehead atoms. The molecule has 1 aliphatic rings. The minimum Gasteiger partial charge on any atom is -0.357 e. The Bertz CT molecular complexity index is 968. The van der Waals surface area contributed by atoms with Crippen LogP contribution in [0.5, 0.6) is 0 Å². The average Bonchev–Trinajstić information content (AvgIpc) is 3.45. The Morgan fingerprint density at radius 2 is 1.72 bits per heavy atom. The van der Waals surface area contributed by atoms with E-state index in [1.807, 2.05) is 43.3 Å². The molecule has 156 valence electrons. The third-order valence-electron chi connectivity index (χ3n) is 5.11. The molecule has 0 heterocycles. The van der Waals surface area contributed by atoms with E-state index in [9.17, 15) is 12.8 Å². The first kappa shape index (κ1) is 21.3. The molecule has 2 N–H and O–H groups in total. The summed E-state index contributed by atoms with van der Waals surface area (Å²) in [5, 5.41) is 6.58. The van der Waals surface area contributed by atoms with E-state index in [0.717, 1.165) is 36.1 Å². The van der Waals surface area contributed by atoms with Crippen LogP contribution in [0.3, 0.4) is 0 Å². The summed E-state index contributed by atoms with van der Waals surface area (Å²) in [6.45, 7) is 3.83. The number of benzene rings is 2. The first-order valence-electron chi connectivity index (χ1n) is 9.84.